The van der Waals surface area contributed by atoms with Gasteiger partial charge in [0.2, 0.25) is 0 Å². The number of nitrogens with zero attached hydrogens (tertiary/aromatic N) is 3. The van der Waals surface area contributed by atoms with E-state index in [1.165, 1.54) is 12.4 Å². The Morgan fingerprint density at radius 2 is 1.93 bits per heavy atom. The topological polar surface area (TPSA) is 127 Å². The molecule has 0 aliphatic rings. The normalized spacial score (nSPS) is 10.3. The highest BCUT2D eigenvalue weighted by Crippen LogP contribution is 2.27. The SMILES string of the molecule is Nc1c(NNC(=O)COc2ccc(Cl)cc2Cl)ncnc1Nc1ccc(Br)cn1. The van der Waals surface area contributed by atoms with Gasteiger partial charge in [0, 0.05) is 15.7 Å². The van der Waals surface area contributed by atoms with Crippen molar-refractivity contribution in [2.24, 2.45) is 0 Å². The van der Waals surface area contributed by atoms with Crippen LogP contribution in [0.2, 0.25) is 10.0 Å². The highest BCUT2D eigenvalue weighted by atomic mass is 79.9. The fourth-order valence-corrected chi connectivity index (χ4v) is 2.76. The number of aromatic nitrogens is 3. The van der Waals surface area contributed by atoms with Crippen LogP contribution in [0.1, 0.15) is 0 Å². The summed E-state index contributed by atoms with van der Waals surface area (Å²) in [5.74, 6) is 0.939. The number of amides is 1. The Balaban J connectivity index is 1.57. The van der Waals surface area contributed by atoms with Crippen molar-refractivity contribution < 1.29 is 9.53 Å². The lowest BCUT2D eigenvalue weighted by atomic mass is 10.3. The summed E-state index contributed by atoms with van der Waals surface area (Å²) in [5.41, 5.74) is 11.3. The van der Waals surface area contributed by atoms with Crippen LogP contribution in [0.5, 0.6) is 5.75 Å². The lowest BCUT2D eigenvalue weighted by Crippen LogP contribution is -2.34. The monoisotopic (exact) mass is 497 g/mol. The number of hydrazine groups is 1. The van der Waals surface area contributed by atoms with E-state index in [9.17, 15) is 4.79 Å². The molecule has 0 spiro atoms. The molecule has 0 aliphatic carbocycles. The average molecular weight is 499 g/mol. The standard InChI is InChI=1S/C17H14BrCl2N7O2/c18-9-1-4-13(22-6-9)25-16-15(21)17(24-8-23-16)27-26-14(28)7-29-12-3-2-10(19)5-11(12)20/h1-6,8H,7,21H2,(H,26,28)(H2,22,23,24,25,27). The molecule has 1 amide bonds. The third-order valence-electron chi connectivity index (χ3n) is 3.43. The molecule has 0 bridgehead atoms. The van der Waals surface area contributed by atoms with Crippen LogP contribution in [0.4, 0.5) is 23.1 Å². The summed E-state index contributed by atoms with van der Waals surface area (Å²) in [7, 11) is 0. The van der Waals surface area contributed by atoms with Crippen LogP contribution in [0.3, 0.4) is 0 Å². The smallest absolute Gasteiger partial charge is 0.276 e. The van der Waals surface area contributed by atoms with Gasteiger partial charge in [-0.05, 0) is 46.3 Å². The van der Waals surface area contributed by atoms with E-state index in [4.69, 9.17) is 33.7 Å². The van der Waals surface area contributed by atoms with Crippen LogP contribution in [0.25, 0.3) is 0 Å². The maximum absolute atomic E-state index is 12.0. The summed E-state index contributed by atoms with van der Waals surface area (Å²) >= 11 is 15.1. The average Bonchev–Trinajstić information content (AvgIpc) is 2.69. The highest BCUT2D eigenvalue weighted by molar-refractivity contribution is 9.10. The van der Waals surface area contributed by atoms with Gasteiger partial charge < -0.3 is 15.8 Å². The minimum Gasteiger partial charge on any atom is -0.482 e. The van der Waals surface area contributed by atoms with Gasteiger partial charge in [0.25, 0.3) is 5.91 Å². The van der Waals surface area contributed by atoms with Crippen molar-refractivity contribution in [1.82, 2.24) is 20.4 Å². The molecule has 3 aromatic rings. The van der Waals surface area contributed by atoms with Crippen molar-refractivity contribution in [2.45, 2.75) is 0 Å². The first kappa shape index (κ1) is 20.9. The zero-order valence-electron chi connectivity index (χ0n) is 14.6. The predicted molar refractivity (Wildman–Crippen MR) is 115 cm³/mol. The number of nitrogen functional groups attached to an aromatic ring is 1. The minimum atomic E-state index is -0.474. The second-order valence-electron chi connectivity index (χ2n) is 5.51. The van der Waals surface area contributed by atoms with Crippen molar-refractivity contribution in [1.29, 1.82) is 0 Å². The first-order valence-electron chi connectivity index (χ1n) is 8.04. The van der Waals surface area contributed by atoms with E-state index in [1.54, 1.807) is 24.4 Å². The number of ether oxygens (including phenoxy) is 1. The summed E-state index contributed by atoms with van der Waals surface area (Å²) in [4.78, 5) is 24.3. The summed E-state index contributed by atoms with van der Waals surface area (Å²) < 4.78 is 6.19. The van der Waals surface area contributed by atoms with Crippen LogP contribution in [-0.4, -0.2) is 27.5 Å². The Morgan fingerprint density at radius 1 is 1.14 bits per heavy atom. The molecule has 0 aliphatic heterocycles. The van der Waals surface area contributed by atoms with Crippen LogP contribution in [0.15, 0.2) is 47.3 Å². The van der Waals surface area contributed by atoms with Crippen molar-refractivity contribution in [3.05, 3.63) is 57.4 Å². The Labute approximate surface area is 184 Å². The van der Waals surface area contributed by atoms with E-state index >= 15 is 0 Å². The molecule has 0 fully saturated rings. The predicted octanol–water partition coefficient (Wildman–Crippen LogP) is 3.79. The van der Waals surface area contributed by atoms with Gasteiger partial charge in [-0.3, -0.25) is 15.6 Å². The highest BCUT2D eigenvalue weighted by Gasteiger charge is 2.11. The molecule has 0 unspecified atom stereocenters. The molecule has 1 aromatic carbocycles. The largest absolute Gasteiger partial charge is 0.482 e. The molecule has 3 rings (SSSR count). The molecule has 0 atom stereocenters. The summed E-state index contributed by atoms with van der Waals surface area (Å²) in [5, 5.41) is 3.74. The maximum Gasteiger partial charge on any atom is 0.276 e. The fraction of sp³-hybridized carbons (Fsp3) is 0.0588. The number of nitrogens with two attached hydrogens (primary N) is 1. The molecular formula is C17H14BrCl2N7O2. The van der Waals surface area contributed by atoms with Gasteiger partial charge in [0.15, 0.2) is 18.2 Å². The molecule has 0 saturated carbocycles. The molecule has 5 N–H and O–H groups in total. The summed E-state index contributed by atoms with van der Waals surface area (Å²) in [6, 6.07) is 8.26. The van der Waals surface area contributed by atoms with Crippen LogP contribution < -0.4 is 26.6 Å². The number of anilines is 4. The number of rotatable bonds is 7. The van der Waals surface area contributed by atoms with E-state index in [0.717, 1.165) is 4.47 Å². The molecule has 9 nitrogen and oxygen atoms in total. The van der Waals surface area contributed by atoms with Crippen LogP contribution in [0, 0.1) is 0 Å². The van der Waals surface area contributed by atoms with Crippen molar-refractivity contribution in [3.8, 4) is 5.75 Å². The van der Waals surface area contributed by atoms with E-state index in [-0.39, 0.29) is 18.1 Å². The first-order chi connectivity index (χ1) is 13.9. The summed E-state index contributed by atoms with van der Waals surface area (Å²) in [6.07, 6.45) is 2.92. The lowest BCUT2D eigenvalue weighted by Gasteiger charge is -2.13. The van der Waals surface area contributed by atoms with Gasteiger partial charge >= 0.3 is 0 Å². The third kappa shape index (κ3) is 5.83. The molecule has 2 heterocycles. The molecular weight excluding hydrogens is 485 g/mol. The molecule has 2 aromatic heterocycles. The minimum absolute atomic E-state index is 0.194. The Morgan fingerprint density at radius 3 is 2.66 bits per heavy atom. The number of pyridine rings is 1. The molecule has 150 valence electrons. The van der Waals surface area contributed by atoms with Gasteiger partial charge in [-0.15, -0.1) is 0 Å². The number of carbonyl (C=O) groups is 1. The maximum atomic E-state index is 12.0. The van der Waals surface area contributed by atoms with E-state index in [1.807, 2.05) is 6.07 Å². The van der Waals surface area contributed by atoms with Gasteiger partial charge in [-0.25, -0.2) is 15.0 Å². The Bertz CT molecular complexity index is 1020. The molecule has 0 saturated heterocycles. The van der Waals surface area contributed by atoms with E-state index in [2.05, 4.69) is 47.1 Å². The molecule has 29 heavy (non-hydrogen) atoms. The Kier molecular flexibility index (Phi) is 6.91. The second-order valence-corrected chi connectivity index (χ2v) is 7.27. The van der Waals surface area contributed by atoms with Gasteiger partial charge in [-0.1, -0.05) is 23.2 Å². The van der Waals surface area contributed by atoms with Crippen LogP contribution in [-0.2, 0) is 4.79 Å². The number of hydrogen-bond acceptors (Lipinski definition) is 8. The van der Waals surface area contributed by atoms with Crippen molar-refractivity contribution in [2.75, 3.05) is 23.1 Å². The second kappa shape index (κ2) is 9.59. The number of benzene rings is 1. The van der Waals surface area contributed by atoms with Crippen molar-refractivity contribution >= 4 is 68.2 Å². The first-order valence-corrected chi connectivity index (χ1v) is 9.59. The molecule has 12 heteroatoms. The number of nitrogens with one attached hydrogen (secondary N) is 3. The number of halogens is 3. The van der Waals surface area contributed by atoms with Gasteiger partial charge in [0.1, 0.15) is 23.6 Å². The van der Waals surface area contributed by atoms with Crippen molar-refractivity contribution in [3.63, 3.8) is 0 Å². The number of hydrogen-bond donors (Lipinski definition) is 4. The lowest BCUT2D eigenvalue weighted by molar-refractivity contribution is -0.122. The Hall–Kier alpha value is -2.82. The number of carbonyl (C=O) groups excluding carboxylic acids is 1. The summed E-state index contributed by atoms with van der Waals surface area (Å²) in [6.45, 7) is -0.284. The zero-order chi connectivity index (χ0) is 20.8. The quantitative estimate of drug-likeness (QED) is 0.362. The van der Waals surface area contributed by atoms with Gasteiger partial charge in [0.05, 0.1) is 5.02 Å². The van der Waals surface area contributed by atoms with E-state index < -0.39 is 5.91 Å². The van der Waals surface area contributed by atoms with Crippen LogP contribution >= 0.6 is 39.1 Å². The van der Waals surface area contributed by atoms with Gasteiger partial charge in [-0.2, -0.15) is 0 Å². The van der Waals surface area contributed by atoms with E-state index in [0.29, 0.717) is 27.4 Å². The fourth-order valence-electron chi connectivity index (χ4n) is 2.07. The molecule has 0 radical (unpaired) electrons. The third-order valence-corrected chi connectivity index (χ3v) is 4.43. The zero-order valence-corrected chi connectivity index (χ0v) is 17.7.